The summed E-state index contributed by atoms with van der Waals surface area (Å²) >= 11 is 0. The normalized spacial score (nSPS) is 13.4. The van der Waals surface area contributed by atoms with Gasteiger partial charge in [0.1, 0.15) is 0 Å². The first-order valence-corrected chi connectivity index (χ1v) is 11.4. The summed E-state index contributed by atoms with van der Waals surface area (Å²) in [4.78, 5) is 14.9. The highest BCUT2D eigenvalue weighted by atomic mass is 19.1. The molecule has 0 bridgehead atoms. The maximum Gasteiger partial charge on any atom is 0.228 e. The fourth-order valence-electron chi connectivity index (χ4n) is 3.79. The van der Waals surface area contributed by atoms with E-state index in [-0.39, 0.29) is 23.5 Å². The molecule has 0 N–H and O–H groups in total. The predicted molar refractivity (Wildman–Crippen MR) is 124 cm³/mol. The molecule has 2 aromatic carbocycles. The van der Waals surface area contributed by atoms with Crippen molar-refractivity contribution in [3.05, 3.63) is 71.7 Å². The third-order valence-electron chi connectivity index (χ3n) is 5.71. The molecule has 4 rings (SSSR count). The van der Waals surface area contributed by atoms with Gasteiger partial charge in [0.2, 0.25) is 11.8 Å². The monoisotopic (exact) mass is 451 g/mol. The molecule has 3 aromatic rings. The van der Waals surface area contributed by atoms with E-state index in [2.05, 4.69) is 13.8 Å². The number of ether oxygens (including phenoxy) is 2. The van der Waals surface area contributed by atoms with Crippen LogP contribution in [0.1, 0.15) is 43.9 Å². The summed E-state index contributed by atoms with van der Waals surface area (Å²) in [5, 5.41) is 4.86. The van der Waals surface area contributed by atoms with Crippen LogP contribution in [0, 0.1) is 11.7 Å². The summed E-state index contributed by atoms with van der Waals surface area (Å²) in [5.74, 6) is 0.341. The van der Waals surface area contributed by atoms with Crippen molar-refractivity contribution in [2.45, 2.75) is 39.2 Å². The highest BCUT2D eigenvalue weighted by molar-refractivity contribution is 5.81. The Balaban J connectivity index is 1.81. The molecule has 1 aliphatic rings. The molecule has 33 heavy (non-hydrogen) atoms. The Labute approximate surface area is 193 Å². The molecule has 0 aliphatic heterocycles. The highest BCUT2D eigenvalue weighted by Crippen LogP contribution is 2.37. The van der Waals surface area contributed by atoms with Gasteiger partial charge in [-0.3, -0.25) is 4.79 Å². The molecule has 0 spiro atoms. The summed E-state index contributed by atoms with van der Waals surface area (Å²) in [5.41, 5.74) is 2.40. The highest BCUT2D eigenvalue weighted by Gasteiger charge is 2.35. The minimum absolute atomic E-state index is 0.0736. The van der Waals surface area contributed by atoms with Crippen LogP contribution in [0.25, 0.3) is 5.69 Å². The number of para-hydroxylation sites is 2. The lowest BCUT2D eigenvalue weighted by molar-refractivity contribution is -0.133. The average Bonchev–Trinajstić information content (AvgIpc) is 3.61. The van der Waals surface area contributed by atoms with Crippen molar-refractivity contribution in [2.24, 2.45) is 5.92 Å². The van der Waals surface area contributed by atoms with E-state index in [1.807, 2.05) is 35.2 Å². The number of methoxy groups -OCH3 is 1. The molecule has 1 heterocycles. The molecule has 1 aliphatic carbocycles. The molecule has 0 unspecified atom stereocenters. The molecule has 1 fully saturated rings. The van der Waals surface area contributed by atoms with Crippen LogP contribution in [0.2, 0.25) is 0 Å². The van der Waals surface area contributed by atoms with Crippen molar-refractivity contribution < 1.29 is 18.7 Å². The zero-order valence-electron chi connectivity index (χ0n) is 19.3. The third kappa shape index (κ3) is 5.25. The van der Waals surface area contributed by atoms with Crippen molar-refractivity contribution in [2.75, 3.05) is 20.3 Å². The first-order valence-electron chi connectivity index (χ1n) is 11.4. The van der Waals surface area contributed by atoms with Gasteiger partial charge >= 0.3 is 0 Å². The second-order valence-electron chi connectivity index (χ2n) is 8.63. The number of amides is 1. The van der Waals surface area contributed by atoms with Gasteiger partial charge in [0.25, 0.3) is 0 Å². The summed E-state index contributed by atoms with van der Waals surface area (Å²) in [6.07, 6.45) is 1.84. The lowest BCUT2D eigenvalue weighted by Crippen LogP contribution is -2.34. The number of hydrogen-bond acceptors (Lipinski definition) is 4. The van der Waals surface area contributed by atoms with Crippen molar-refractivity contribution in [3.8, 4) is 17.3 Å². The molecular formula is C26H30FN3O3. The van der Waals surface area contributed by atoms with E-state index in [4.69, 9.17) is 14.6 Å². The Morgan fingerprint density at radius 1 is 1.15 bits per heavy atom. The van der Waals surface area contributed by atoms with Gasteiger partial charge in [-0.15, -0.1) is 0 Å². The Bertz CT molecular complexity index is 1090. The van der Waals surface area contributed by atoms with Gasteiger partial charge in [-0.25, -0.2) is 9.07 Å². The first kappa shape index (κ1) is 23.0. The second-order valence-corrected chi connectivity index (χ2v) is 8.63. The van der Waals surface area contributed by atoms with Gasteiger partial charge in [-0.1, -0.05) is 44.2 Å². The molecule has 0 saturated heterocycles. The van der Waals surface area contributed by atoms with Crippen LogP contribution in [0.15, 0.2) is 54.6 Å². The molecule has 0 atom stereocenters. The van der Waals surface area contributed by atoms with Crippen LogP contribution < -0.4 is 4.74 Å². The fourth-order valence-corrected chi connectivity index (χ4v) is 3.79. The number of nitrogens with zero attached hydrogens (tertiary/aromatic N) is 3. The molecule has 1 amide bonds. The fraction of sp³-hybridized carbons (Fsp3) is 0.385. The van der Waals surface area contributed by atoms with E-state index in [0.29, 0.717) is 25.6 Å². The van der Waals surface area contributed by atoms with E-state index >= 15 is 0 Å². The summed E-state index contributed by atoms with van der Waals surface area (Å²) < 4.78 is 27.7. The molecule has 1 aromatic heterocycles. The number of rotatable bonds is 10. The van der Waals surface area contributed by atoms with Crippen LogP contribution >= 0.6 is 0 Å². The largest absolute Gasteiger partial charge is 0.435 e. The van der Waals surface area contributed by atoms with Crippen LogP contribution in [0.3, 0.4) is 0 Å². The van der Waals surface area contributed by atoms with Crippen LogP contribution in [-0.4, -0.2) is 40.8 Å². The molecular weight excluding hydrogens is 421 g/mol. The van der Waals surface area contributed by atoms with Crippen molar-refractivity contribution >= 4 is 5.91 Å². The molecule has 7 heteroatoms. The van der Waals surface area contributed by atoms with E-state index in [0.717, 1.165) is 29.8 Å². The van der Waals surface area contributed by atoms with Gasteiger partial charge < -0.3 is 14.4 Å². The van der Waals surface area contributed by atoms with E-state index in [1.165, 1.54) is 6.07 Å². The van der Waals surface area contributed by atoms with Gasteiger partial charge in [0, 0.05) is 19.6 Å². The molecule has 6 nitrogen and oxygen atoms in total. The second kappa shape index (κ2) is 10.2. The van der Waals surface area contributed by atoms with Crippen molar-refractivity contribution in [3.63, 3.8) is 0 Å². The zero-order valence-corrected chi connectivity index (χ0v) is 19.3. The lowest BCUT2D eigenvalue weighted by atomic mass is 10.1. The van der Waals surface area contributed by atoms with Gasteiger partial charge in [-0.05, 0) is 43.0 Å². The SMILES string of the molecule is COCCN(Cc1c(C(C)C)nn(-c2ccccc2)c1Oc1ccccc1F)C(=O)C1CC1. The van der Waals surface area contributed by atoms with E-state index < -0.39 is 5.82 Å². The van der Waals surface area contributed by atoms with Crippen LogP contribution in [0.4, 0.5) is 4.39 Å². The maximum atomic E-state index is 14.5. The Hall–Kier alpha value is -3.19. The average molecular weight is 452 g/mol. The lowest BCUT2D eigenvalue weighted by Gasteiger charge is -2.23. The standard InChI is InChI=1S/C26H30FN3O3/c1-18(2)24-21(17-29(15-16-32-3)25(31)19-13-14-19)26(33-23-12-8-7-11-22(23)27)30(28-24)20-9-5-4-6-10-20/h4-12,18-19H,13-17H2,1-3H3. The zero-order chi connectivity index (χ0) is 23.4. The van der Waals surface area contributed by atoms with Gasteiger partial charge in [0.05, 0.1) is 30.1 Å². The van der Waals surface area contributed by atoms with Crippen LogP contribution in [-0.2, 0) is 16.1 Å². The quantitative estimate of drug-likeness (QED) is 0.419. The predicted octanol–water partition coefficient (Wildman–Crippen LogP) is 5.31. The van der Waals surface area contributed by atoms with Gasteiger partial charge in [-0.2, -0.15) is 5.10 Å². The number of carbonyl (C=O) groups is 1. The molecule has 174 valence electrons. The Kier molecular flexibility index (Phi) is 7.08. The smallest absolute Gasteiger partial charge is 0.228 e. The third-order valence-corrected chi connectivity index (χ3v) is 5.71. The van der Waals surface area contributed by atoms with E-state index in [9.17, 15) is 9.18 Å². The first-order chi connectivity index (χ1) is 16.0. The summed E-state index contributed by atoms with van der Waals surface area (Å²) in [6, 6.07) is 15.9. The summed E-state index contributed by atoms with van der Waals surface area (Å²) in [6.45, 7) is 5.33. The molecule has 0 radical (unpaired) electrons. The Morgan fingerprint density at radius 3 is 2.48 bits per heavy atom. The summed E-state index contributed by atoms with van der Waals surface area (Å²) in [7, 11) is 1.62. The maximum absolute atomic E-state index is 14.5. The van der Waals surface area contributed by atoms with Crippen molar-refractivity contribution in [1.29, 1.82) is 0 Å². The number of benzene rings is 2. The number of aromatic nitrogens is 2. The number of hydrogen-bond donors (Lipinski definition) is 0. The van der Waals surface area contributed by atoms with E-state index in [1.54, 1.807) is 30.0 Å². The van der Waals surface area contributed by atoms with Crippen molar-refractivity contribution in [1.82, 2.24) is 14.7 Å². The Morgan fingerprint density at radius 2 is 1.85 bits per heavy atom. The van der Waals surface area contributed by atoms with Crippen LogP contribution in [0.5, 0.6) is 11.6 Å². The minimum atomic E-state index is -0.458. The topological polar surface area (TPSA) is 56.6 Å². The molecule has 1 saturated carbocycles. The number of halogens is 1. The minimum Gasteiger partial charge on any atom is -0.435 e. The number of carbonyl (C=O) groups excluding carboxylic acids is 1. The van der Waals surface area contributed by atoms with Gasteiger partial charge in [0.15, 0.2) is 11.6 Å².